The highest BCUT2D eigenvalue weighted by atomic mass is 32.2. The first kappa shape index (κ1) is 11.7. The summed E-state index contributed by atoms with van der Waals surface area (Å²) >= 11 is 0. The molecular weight excluding hydrogens is 252 g/mol. The van der Waals surface area contributed by atoms with E-state index in [1.807, 2.05) is 13.8 Å². The van der Waals surface area contributed by atoms with Gasteiger partial charge in [0.1, 0.15) is 13.2 Å². The number of ether oxygens (including phenoxy) is 2. The van der Waals surface area contributed by atoms with E-state index in [9.17, 15) is 9.00 Å². The Morgan fingerprint density at radius 2 is 1.78 bits per heavy atom. The highest BCUT2D eigenvalue weighted by Crippen LogP contribution is 2.39. The van der Waals surface area contributed by atoms with Gasteiger partial charge >= 0.3 is 0 Å². The van der Waals surface area contributed by atoms with Gasteiger partial charge in [-0.05, 0) is 13.0 Å². The molecule has 0 saturated heterocycles. The van der Waals surface area contributed by atoms with Gasteiger partial charge in [0.05, 0.1) is 15.7 Å². The van der Waals surface area contributed by atoms with E-state index in [2.05, 4.69) is 0 Å². The average molecular weight is 266 g/mol. The van der Waals surface area contributed by atoms with Gasteiger partial charge in [0, 0.05) is 22.8 Å². The second-order valence-electron chi connectivity index (χ2n) is 4.65. The molecule has 5 heteroatoms. The summed E-state index contributed by atoms with van der Waals surface area (Å²) in [5.41, 5.74) is 0.517. The maximum atomic E-state index is 12.3. The van der Waals surface area contributed by atoms with Crippen molar-refractivity contribution in [1.82, 2.24) is 0 Å². The van der Waals surface area contributed by atoms with Crippen LogP contribution in [0.1, 0.15) is 24.2 Å². The molecule has 0 aromatic heterocycles. The highest BCUT2D eigenvalue weighted by Gasteiger charge is 2.36. The lowest BCUT2D eigenvalue weighted by Gasteiger charge is -2.28. The monoisotopic (exact) mass is 266 g/mol. The maximum absolute atomic E-state index is 12.3. The lowest BCUT2D eigenvalue weighted by atomic mass is 9.95. The first-order chi connectivity index (χ1) is 8.59. The second kappa shape index (κ2) is 4.09. The fraction of sp³-hybridized carbons (Fsp3) is 0.462. The van der Waals surface area contributed by atoms with E-state index >= 15 is 0 Å². The third kappa shape index (κ3) is 1.57. The molecule has 0 bridgehead atoms. The molecule has 4 nitrogen and oxygen atoms in total. The van der Waals surface area contributed by atoms with Gasteiger partial charge in [-0.25, -0.2) is 0 Å². The summed E-state index contributed by atoms with van der Waals surface area (Å²) in [6, 6.07) is 3.37. The lowest BCUT2D eigenvalue weighted by Crippen LogP contribution is -2.33. The van der Waals surface area contributed by atoms with Crippen molar-refractivity contribution in [1.29, 1.82) is 0 Å². The summed E-state index contributed by atoms with van der Waals surface area (Å²) in [5.74, 6) is 0.977. The summed E-state index contributed by atoms with van der Waals surface area (Å²) in [5, 5.41) is -0.160. The van der Waals surface area contributed by atoms with Crippen LogP contribution < -0.4 is 9.47 Å². The van der Waals surface area contributed by atoms with Gasteiger partial charge in [-0.3, -0.25) is 9.00 Å². The Hall–Kier alpha value is -1.36. The molecule has 96 valence electrons. The summed E-state index contributed by atoms with van der Waals surface area (Å²) in [6.45, 7) is 4.64. The van der Waals surface area contributed by atoms with Gasteiger partial charge in [0.25, 0.3) is 0 Å². The first-order valence-electron chi connectivity index (χ1n) is 5.98. The Balaban J connectivity index is 2.18. The zero-order valence-electron chi connectivity index (χ0n) is 10.3. The van der Waals surface area contributed by atoms with Crippen molar-refractivity contribution in [2.24, 2.45) is 5.92 Å². The Labute approximate surface area is 108 Å². The van der Waals surface area contributed by atoms with E-state index in [-0.39, 0.29) is 17.0 Å². The molecule has 2 aliphatic rings. The second-order valence-corrected chi connectivity index (χ2v) is 6.43. The molecule has 0 N–H and O–H groups in total. The minimum atomic E-state index is -1.17. The summed E-state index contributed by atoms with van der Waals surface area (Å²) in [4.78, 5) is 12.8. The Morgan fingerprint density at radius 1 is 1.17 bits per heavy atom. The fourth-order valence-electron chi connectivity index (χ4n) is 2.27. The molecule has 2 heterocycles. The molecule has 1 aromatic carbocycles. The number of Topliss-reactive ketones (excluding diaryl/α,β-unsaturated/α-hetero) is 1. The smallest absolute Gasteiger partial charge is 0.168 e. The lowest BCUT2D eigenvalue weighted by molar-refractivity contribution is 0.0920. The van der Waals surface area contributed by atoms with Crippen LogP contribution in [0, 0.1) is 5.92 Å². The predicted molar refractivity (Wildman–Crippen MR) is 66.8 cm³/mol. The van der Waals surface area contributed by atoms with E-state index in [1.54, 1.807) is 12.1 Å². The molecule has 0 aliphatic carbocycles. The van der Waals surface area contributed by atoms with Crippen LogP contribution in [0.4, 0.5) is 0 Å². The summed E-state index contributed by atoms with van der Waals surface area (Å²) < 4.78 is 23.2. The topological polar surface area (TPSA) is 52.6 Å². The van der Waals surface area contributed by atoms with Gasteiger partial charge in [0.2, 0.25) is 0 Å². The fourth-order valence-corrected chi connectivity index (χ4v) is 3.77. The van der Waals surface area contributed by atoms with Crippen LogP contribution in [0.2, 0.25) is 0 Å². The Bertz CT molecular complexity index is 503. The minimum Gasteiger partial charge on any atom is -0.486 e. The van der Waals surface area contributed by atoms with E-state index in [0.717, 1.165) is 0 Å². The van der Waals surface area contributed by atoms with E-state index in [0.29, 0.717) is 35.2 Å². The van der Waals surface area contributed by atoms with Crippen LogP contribution in [-0.2, 0) is 10.8 Å². The Kier molecular flexibility index (Phi) is 2.66. The number of rotatable bonds is 0. The predicted octanol–water partition coefficient (Wildman–Crippen LogP) is 1.79. The third-order valence-corrected chi connectivity index (χ3v) is 5.44. The van der Waals surface area contributed by atoms with Gasteiger partial charge in [-0.15, -0.1) is 0 Å². The number of carbonyl (C=O) groups is 1. The van der Waals surface area contributed by atoms with Crippen LogP contribution in [0.25, 0.3) is 0 Å². The van der Waals surface area contributed by atoms with Crippen LogP contribution in [-0.4, -0.2) is 28.5 Å². The van der Waals surface area contributed by atoms with Crippen molar-refractivity contribution in [3.63, 3.8) is 0 Å². The van der Waals surface area contributed by atoms with E-state index in [1.165, 1.54) is 0 Å². The van der Waals surface area contributed by atoms with Crippen LogP contribution in [0.15, 0.2) is 17.0 Å². The van der Waals surface area contributed by atoms with Crippen molar-refractivity contribution in [3.05, 3.63) is 17.7 Å². The molecule has 0 radical (unpaired) electrons. The van der Waals surface area contributed by atoms with Crippen molar-refractivity contribution < 1.29 is 18.5 Å². The van der Waals surface area contributed by atoms with Crippen LogP contribution >= 0.6 is 0 Å². The number of ketones is 1. The number of hydrogen-bond donors (Lipinski definition) is 0. The molecule has 0 fully saturated rings. The van der Waals surface area contributed by atoms with Crippen molar-refractivity contribution >= 4 is 16.6 Å². The minimum absolute atomic E-state index is 0.0362. The van der Waals surface area contributed by atoms with E-state index in [4.69, 9.17) is 9.47 Å². The molecule has 1 aromatic rings. The Morgan fingerprint density at radius 3 is 2.44 bits per heavy atom. The molecule has 18 heavy (non-hydrogen) atoms. The van der Waals surface area contributed by atoms with Crippen LogP contribution in [0.3, 0.4) is 0 Å². The SMILES string of the molecule is CC1C(=O)c2cc3c(cc2S(=O)C1C)OCCO3. The zero-order chi connectivity index (χ0) is 12.9. The molecule has 0 spiro atoms. The van der Waals surface area contributed by atoms with Crippen molar-refractivity contribution in [2.45, 2.75) is 24.0 Å². The van der Waals surface area contributed by atoms with Gasteiger partial charge in [-0.2, -0.15) is 0 Å². The molecule has 3 unspecified atom stereocenters. The molecule has 3 atom stereocenters. The molecule has 0 saturated carbocycles. The van der Waals surface area contributed by atoms with Gasteiger partial charge in [-0.1, -0.05) is 6.92 Å². The van der Waals surface area contributed by atoms with Gasteiger partial charge in [0.15, 0.2) is 17.3 Å². The summed E-state index contributed by atoms with van der Waals surface area (Å²) in [7, 11) is -1.17. The van der Waals surface area contributed by atoms with Crippen molar-refractivity contribution in [2.75, 3.05) is 13.2 Å². The molecule has 2 aliphatic heterocycles. The normalized spacial score (nSPS) is 29.9. The first-order valence-corrected chi connectivity index (χ1v) is 7.19. The zero-order valence-corrected chi connectivity index (χ0v) is 11.1. The van der Waals surface area contributed by atoms with E-state index < -0.39 is 10.8 Å². The highest BCUT2D eigenvalue weighted by molar-refractivity contribution is 7.86. The van der Waals surface area contributed by atoms with Gasteiger partial charge < -0.3 is 9.47 Å². The molecular formula is C13H14O4S. The number of fused-ring (bicyclic) bond motifs is 2. The number of benzene rings is 1. The molecule has 0 amide bonds. The summed E-state index contributed by atoms with van der Waals surface area (Å²) in [6.07, 6.45) is 0. The largest absolute Gasteiger partial charge is 0.486 e. The maximum Gasteiger partial charge on any atom is 0.168 e. The van der Waals surface area contributed by atoms with Crippen molar-refractivity contribution in [3.8, 4) is 11.5 Å². The van der Waals surface area contributed by atoms with Crippen LogP contribution in [0.5, 0.6) is 11.5 Å². The molecule has 3 rings (SSSR count). The standard InChI is InChI=1S/C13H14O4S/c1-7-8(2)18(15)12-6-11-10(16-3-4-17-11)5-9(12)13(7)14/h5-8H,3-4H2,1-2H3. The average Bonchev–Trinajstić information content (AvgIpc) is 2.41. The number of carbonyl (C=O) groups excluding carboxylic acids is 1. The number of hydrogen-bond acceptors (Lipinski definition) is 4. The quantitative estimate of drug-likeness (QED) is 0.718. The third-order valence-electron chi connectivity index (χ3n) is 3.58.